The summed E-state index contributed by atoms with van der Waals surface area (Å²) in [5, 5.41) is 48.7. The molecule has 2 aromatic carbocycles. The number of hydrogen-bond donors (Lipinski definition) is 5. The fourth-order valence-electron chi connectivity index (χ4n) is 3.84. The van der Waals surface area contributed by atoms with Gasteiger partial charge >= 0.3 is 17.9 Å². The molecule has 0 radical (unpaired) electrons. The zero-order valence-electron chi connectivity index (χ0n) is 19.7. The molecule has 0 aromatic heterocycles. The number of aliphatic carboxylic acids is 1. The van der Waals surface area contributed by atoms with Gasteiger partial charge in [-0.15, -0.1) is 0 Å². The number of phenolic OH excluding ortho intramolecular Hbond substituents is 3. The number of carbonyl (C=O) groups is 3. The van der Waals surface area contributed by atoms with E-state index in [0.717, 1.165) is 12.2 Å². The number of aliphatic hydroxyl groups is 1. The molecule has 3 atom stereocenters. The molecule has 3 unspecified atom stereocenters. The van der Waals surface area contributed by atoms with Crippen LogP contribution in [0.15, 0.2) is 48.6 Å². The molecule has 5 N–H and O–H groups in total. The van der Waals surface area contributed by atoms with Gasteiger partial charge in [0.25, 0.3) is 0 Å². The third kappa shape index (κ3) is 7.24. The van der Waals surface area contributed by atoms with Crippen LogP contribution < -0.4 is 4.74 Å². The largest absolute Gasteiger partial charge is 0.504 e. The lowest BCUT2D eigenvalue weighted by molar-refractivity contribution is -0.183. The summed E-state index contributed by atoms with van der Waals surface area (Å²) in [4.78, 5) is 36.3. The molecule has 37 heavy (non-hydrogen) atoms. The third-order valence-electron chi connectivity index (χ3n) is 5.65. The van der Waals surface area contributed by atoms with Crippen LogP contribution in [0.1, 0.15) is 30.4 Å². The highest BCUT2D eigenvalue weighted by molar-refractivity contribution is 5.88. The maximum Gasteiger partial charge on any atom is 0.335 e. The number of carbonyl (C=O) groups excluding carboxylic acids is 2. The highest BCUT2D eigenvalue weighted by Crippen LogP contribution is 2.33. The molecule has 0 aliphatic heterocycles. The van der Waals surface area contributed by atoms with Crippen LogP contribution in [0.3, 0.4) is 0 Å². The van der Waals surface area contributed by atoms with Gasteiger partial charge in [-0.1, -0.05) is 12.1 Å². The topological polar surface area (TPSA) is 180 Å². The van der Waals surface area contributed by atoms with Gasteiger partial charge in [0.2, 0.25) is 0 Å². The number of ether oxygens (including phenoxy) is 3. The Morgan fingerprint density at radius 1 is 0.838 bits per heavy atom. The average Bonchev–Trinajstić information content (AvgIpc) is 2.83. The minimum atomic E-state index is -2.29. The first-order valence-corrected chi connectivity index (χ1v) is 11.1. The van der Waals surface area contributed by atoms with Gasteiger partial charge in [0.15, 0.2) is 28.6 Å². The van der Waals surface area contributed by atoms with Crippen LogP contribution in [0.2, 0.25) is 0 Å². The van der Waals surface area contributed by atoms with Crippen molar-refractivity contribution >= 4 is 30.1 Å². The summed E-state index contributed by atoms with van der Waals surface area (Å²) < 4.78 is 15.5. The Hall–Kier alpha value is -4.51. The normalized spacial score (nSPS) is 21.6. The van der Waals surface area contributed by atoms with Gasteiger partial charge in [0, 0.05) is 31.4 Å². The quantitative estimate of drug-likeness (QED) is 0.198. The maximum absolute atomic E-state index is 12.3. The Morgan fingerprint density at radius 2 is 1.35 bits per heavy atom. The van der Waals surface area contributed by atoms with E-state index in [2.05, 4.69) is 0 Å². The number of esters is 2. The molecule has 1 saturated carbocycles. The Labute approximate surface area is 211 Å². The van der Waals surface area contributed by atoms with Crippen molar-refractivity contribution in [2.75, 3.05) is 7.11 Å². The Bertz CT molecular complexity index is 1230. The first-order valence-electron chi connectivity index (χ1n) is 11.1. The van der Waals surface area contributed by atoms with Crippen LogP contribution in [-0.2, 0) is 23.9 Å². The lowest BCUT2D eigenvalue weighted by Crippen LogP contribution is -2.51. The second-order valence-electron chi connectivity index (χ2n) is 8.44. The van der Waals surface area contributed by atoms with Crippen LogP contribution in [0, 0.1) is 0 Å². The molecule has 0 bridgehead atoms. The molecule has 1 fully saturated rings. The Balaban J connectivity index is 1.65. The summed E-state index contributed by atoms with van der Waals surface area (Å²) in [5.74, 6) is -3.80. The van der Waals surface area contributed by atoms with Crippen molar-refractivity contribution in [3.05, 3.63) is 59.7 Å². The second-order valence-corrected chi connectivity index (χ2v) is 8.44. The summed E-state index contributed by atoms with van der Waals surface area (Å²) in [6.07, 6.45) is 1.81. The fraction of sp³-hybridized carbons (Fsp3) is 0.269. The summed E-state index contributed by atoms with van der Waals surface area (Å²) in [5.41, 5.74) is -1.42. The van der Waals surface area contributed by atoms with Crippen LogP contribution in [0.4, 0.5) is 0 Å². The van der Waals surface area contributed by atoms with Crippen LogP contribution in [0.25, 0.3) is 12.2 Å². The van der Waals surface area contributed by atoms with E-state index < -0.39 is 48.6 Å². The zero-order valence-corrected chi connectivity index (χ0v) is 19.7. The van der Waals surface area contributed by atoms with Crippen molar-refractivity contribution in [2.24, 2.45) is 0 Å². The summed E-state index contributed by atoms with van der Waals surface area (Å²) in [6.45, 7) is 0. The Morgan fingerprint density at radius 3 is 1.81 bits per heavy atom. The van der Waals surface area contributed by atoms with Gasteiger partial charge in [-0.05, 0) is 47.5 Å². The number of carboxylic acid groups (broad SMARTS) is 1. The Kier molecular flexibility index (Phi) is 8.41. The van der Waals surface area contributed by atoms with E-state index in [-0.39, 0.29) is 29.4 Å². The number of aromatic hydroxyl groups is 3. The van der Waals surface area contributed by atoms with Crippen molar-refractivity contribution in [3.63, 3.8) is 0 Å². The van der Waals surface area contributed by atoms with E-state index in [1.165, 1.54) is 49.6 Å². The number of hydrogen-bond acceptors (Lipinski definition) is 10. The minimum Gasteiger partial charge on any atom is -0.504 e. The van der Waals surface area contributed by atoms with E-state index in [9.17, 15) is 39.9 Å². The summed E-state index contributed by atoms with van der Waals surface area (Å²) >= 11 is 0. The SMILES string of the molecule is COc1ccc(C=CC(=O)OC2CC(OC(=O)C=Cc3ccc(O)c(O)c3)CC(O)(C(=O)O)C2)cc1O. The minimum absolute atomic E-state index is 0.0436. The highest BCUT2D eigenvalue weighted by atomic mass is 16.6. The van der Waals surface area contributed by atoms with Gasteiger partial charge in [0.05, 0.1) is 7.11 Å². The van der Waals surface area contributed by atoms with Gasteiger partial charge in [-0.25, -0.2) is 14.4 Å². The molecule has 3 rings (SSSR count). The van der Waals surface area contributed by atoms with Crippen molar-refractivity contribution in [1.82, 2.24) is 0 Å². The summed E-state index contributed by atoms with van der Waals surface area (Å²) in [7, 11) is 1.40. The molecule has 0 saturated heterocycles. The van der Waals surface area contributed by atoms with Gasteiger partial charge in [0.1, 0.15) is 12.2 Å². The number of benzene rings is 2. The molecule has 0 amide bonds. The third-order valence-corrected chi connectivity index (χ3v) is 5.65. The summed E-state index contributed by atoms with van der Waals surface area (Å²) in [6, 6.07) is 8.37. The molecular weight excluding hydrogens is 488 g/mol. The van der Waals surface area contributed by atoms with Crippen LogP contribution in [0.5, 0.6) is 23.0 Å². The molecule has 0 spiro atoms. The molecule has 1 aliphatic rings. The number of phenols is 3. The monoisotopic (exact) mass is 514 g/mol. The molecule has 2 aromatic rings. The number of carboxylic acids is 1. The van der Waals surface area contributed by atoms with Gasteiger partial charge in [-0.3, -0.25) is 0 Å². The standard InChI is InChI=1S/C26H26O11/c1-35-22-7-3-16(11-21(22)29)5-9-24(31)37-18-12-17(13-26(34,14-18)25(32)33)36-23(30)8-4-15-2-6-19(27)20(28)10-15/h2-11,17-18,27-29,34H,12-14H2,1H3,(H,32,33). The van der Waals surface area contributed by atoms with Crippen molar-refractivity contribution in [3.8, 4) is 23.0 Å². The lowest BCUT2D eigenvalue weighted by Gasteiger charge is -2.37. The lowest BCUT2D eigenvalue weighted by atomic mass is 9.81. The molecule has 11 heteroatoms. The fourth-order valence-corrected chi connectivity index (χ4v) is 3.84. The van der Waals surface area contributed by atoms with Crippen molar-refractivity contribution in [1.29, 1.82) is 0 Å². The molecule has 0 heterocycles. The molecule has 11 nitrogen and oxygen atoms in total. The first kappa shape index (κ1) is 27.1. The van der Waals surface area contributed by atoms with E-state index in [4.69, 9.17) is 14.2 Å². The molecular formula is C26H26O11. The average molecular weight is 514 g/mol. The highest BCUT2D eigenvalue weighted by Gasteiger charge is 2.47. The molecule has 1 aliphatic carbocycles. The number of methoxy groups -OCH3 is 1. The first-order chi connectivity index (χ1) is 17.5. The van der Waals surface area contributed by atoms with Crippen molar-refractivity contribution in [2.45, 2.75) is 37.1 Å². The second kappa shape index (κ2) is 11.5. The number of rotatable bonds is 8. The zero-order chi connectivity index (χ0) is 27.2. The van der Waals surface area contributed by atoms with Gasteiger partial charge in [-0.2, -0.15) is 0 Å². The predicted octanol–water partition coefficient (Wildman–Crippen LogP) is 2.36. The smallest absolute Gasteiger partial charge is 0.335 e. The van der Waals surface area contributed by atoms with E-state index >= 15 is 0 Å². The van der Waals surface area contributed by atoms with E-state index in [0.29, 0.717) is 11.1 Å². The van der Waals surface area contributed by atoms with Crippen LogP contribution in [-0.4, -0.2) is 68.4 Å². The molecule has 196 valence electrons. The van der Waals surface area contributed by atoms with Gasteiger partial charge < -0.3 is 39.7 Å². The predicted molar refractivity (Wildman–Crippen MR) is 129 cm³/mol. The maximum atomic E-state index is 12.3. The van der Waals surface area contributed by atoms with E-state index in [1.807, 2.05) is 0 Å². The van der Waals surface area contributed by atoms with Crippen molar-refractivity contribution < 1.29 is 54.1 Å². The van der Waals surface area contributed by atoms with Crippen LogP contribution >= 0.6 is 0 Å². The van der Waals surface area contributed by atoms with E-state index in [1.54, 1.807) is 6.07 Å².